The van der Waals surface area contributed by atoms with Crippen molar-refractivity contribution in [3.8, 4) is 44.9 Å². The number of fused-ring (bicyclic) bond motifs is 10. The first-order valence-corrected chi connectivity index (χ1v) is 18.7. The SMILES string of the molecule is Cc1c2cccc1-c1ncc(-n3c4ccccc4c4cc(-c5ccc6c(c5)c5ccccc5n6-c5cccc(-c6ccccc6)c5)ccc43)cc1C=CC=N2. The molecule has 2 bridgehead atoms. The van der Waals surface area contributed by atoms with E-state index in [-0.39, 0.29) is 0 Å². The van der Waals surface area contributed by atoms with Crippen LogP contribution in [0.25, 0.3) is 94.6 Å². The topological polar surface area (TPSA) is 35.1 Å². The van der Waals surface area contributed by atoms with Crippen molar-refractivity contribution in [3.63, 3.8) is 0 Å². The molecule has 0 spiro atoms. The summed E-state index contributed by atoms with van der Waals surface area (Å²) in [6, 6.07) is 59.2. The lowest BCUT2D eigenvalue weighted by atomic mass is 9.99. The minimum Gasteiger partial charge on any atom is -0.309 e. The molecule has 258 valence electrons. The van der Waals surface area contributed by atoms with Crippen molar-refractivity contribution in [1.29, 1.82) is 0 Å². The molecule has 11 rings (SSSR count). The van der Waals surface area contributed by atoms with Crippen molar-refractivity contribution >= 4 is 61.6 Å². The quantitative estimate of drug-likeness (QED) is 0.180. The minimum absolute atomic E-state index is 0.966. The second-order valence-electron chi connectivity index (χ2n) is 14.3. The van der Waals surface area contributed by atoms with Crippen LogP contribution >= 0.6 is 0 Å². The van der Waals surface area contributed by atoms with Crippen molar-refractivity contribution in [3.05, 3.63) is 187 Å². The molecule has 0 aliphatic carbocycles. The molecule has 4 heteroatoms. The lowest BCUT2D eigenvalue weighted by molar-refractivity contribution is 1.14. The van der Waals surface area contributed by atoms with E-state index in [4.69, 9.17) is 4.98 Å². The Balaban J connectivity index is 1.05. The molecule has 0 N–H and O–H groups in total. The maximum absolute atomic E-state index is 5.10. The van der Waals surface area contributed by atoms with Gasteiger partial charge in [0.25, 0.3) is 0 Å². The van der Waals surface area contributed by atoms with Gasteiger partial charge in [0, 0.05) is 44.6 Å². The molecule has 4 heterocycles. The Morgan fingerprint density at radius 1 is 0.455 bits per heavy atom. The fraction of sp³-hybridized carbons (Fsp3) is 0.0196. The summed E-state index contributed by atoms with van der Waals surface area (Å²) in [6.07, 6.45) is 8.00. The standard InChI is InChI=1S/C51H34N4/c1-33-41-19-10-20-46(33)52-27-11-15-38-29-40(32-53-51(38)41)55-48-22-8-6-18-43(48)45-31-37(24-26-50(45)55)36-23-25-49-44(30-36)42-17-5-7-21-47(42)54(49)39-16-9-14-35(28-39)34-12-3-2-4-13-34/h2-32H,1H3. The third-order valence-electron chi connectivity index (χ3n) is 11.2. The van der Waals surface area contributed by atoms with Crippen molar-refractivity contribution in [2.45, 2.75) is 6.92 Å². The van der Waals surface area contributed by atoms with Gasteiger partial charge in [0.05, 0.1) is 45.3 Å². The molecule has 1 aliphatic heterocycles. The zero-order chi connectivity index (χ0) is 36.5. The Labute approximate surface area is 318 Å². The van der Waals surface area contributed by atoms with Crippen LogP contribution in [0.5, 0.6) is 0 Å². The van der Waals surface area contributed by atoms with Gasteiger partial charge in [-0.05, 0) is 101 Å². The Kier molecular flexibility index (Phi) is 7.04. The van der Waals surface area contributed by atoms with Gasteiger partial charge in [-0.2, -0.15) is 0 Å². The van der Waals surface area contributed by atoms with E-state index in [0.717, 1.165) is 50.5 Å². The highest BCUT2D eigenvalue weighted by Crippen LogP contribution is 2.40. The molecule has 0 saturated heterocycles. The largest absolute Gasteiger partial charge is 0.309 e. The van der Waals surface area contributed by atoms with E-state index in [0.29, 0.717) is 0 Å². The van der Waals surface area contributed by atoms with Crippen LogP contribution in [0.1, 0.15) is 11.1 Å². The predicted molar refractivity (Wildman–Crippen MR) is 231 cm³/mol. The van der Waals surface area contributed by atoms with Gasteiger partial charge in [0.2, 0.25) is 0 Å². The van der Waals surface area contributed by atoms with Crippen LogP contribution in [0.3, 0.4) is 0 Å². The van der Waals surface area contributed by atoms with Crippen LogP contribution in [0.2, 0.25) is 0 Å². The number of benzene rings is 7. The summed E-state index contributed by atoms with van der Waals surface area (Å²) in [5.74, 6) is 0. The number of hydrogen-bond donors (Lipinski definition) is 0. The summed E-state index contributed by atoms with van der Waals surface area (Å²) in [6.45, 7) is 2.12. The van der Waals surface area contributed by atoms with Gasteiger partial charge in [0.1, 0.15) is 0 Å². The zero-order valence-corrected chi connectivity index (χ0v) is 30.2. The van der Waals surface area contributed by atoms with E-state index in [2.05, 4.69) is 191 Å². The summed E-state index contributed by atoms with van der Waals surface area (Å²) in [5, 5.41) is 4.90. The number of rotatable bonds is 4. The highest BCUT2D eigenvalue weighted by atomic mass is 15.0. The first kappa shape index (κ1) is 31.2. The molecular formula is C51H34N4. The summed E-state index contributed by atoms with van der Waals surface area (Å²) in [5.41, 5.74) is 16.9. The maximum Gasteiger partial charge on any atom is 0.0779 e. The van der Waals surface area contributed by atoms with Crippen LogP contribution in [-0.4, -0.2) is 20.3 Å². The van der Waals surface area contributed by atoms with Crippen LogP contribution in [0.15, 0.2) is 181 Å². The molecular weight excluding hydrogens is 669 g/mol. The van der Waals surface area contributed by atoms with Crippen LogP contribution in [-0.2, 0) is 0 Å². The highest BCUT2D eigenvalue weighted by Gasteiger charge is 2.18. The molecule has 3 aromatic heterocycles. The molecule has 0 saturated carbocycles. The van der Waals surface area contributed by atoms with Crippen LogP contribution < -0.4 is 0 Å². The Hall–Kier alpha value is -7.30. The molecule has 0 fully saturated rings. The molecule has 10 aromatic rings. The van der Waals surface area contributed by atoms with Gasteiger partial charge in [-0.25, -0.2) is 0 Å². The smallest absolute Gasteiger partial charge is 0.0779 e. The number of aliphatic imine (C=N–C) groups is 1. The molecule has 4 nitrogen and oxygen atoms in total. The Morgan fingerprint density at radius 3 is 1.78 bits per heavy atom. The first-order chi connectivity index (χ1) is 27.2. The monoisotopic (exact) mass is 702 g/mol. The van der Waals surface area contributed by atoms with Crippen molar-refractivity contribution in [2.75, 3.05) is 0 Å². The third-order valence-corrected chi connectivity index (χ3v) is 11.2. The van der Waals surface area contributed by atoms with Gasteiger partial charge >= 0.3 is 0 Å². The number of para-hydroxylation sites is 2. The summed E-state index contributed by atoms with van der Waals surface area (Å²) >= 11 is 0. The average Bonchev–Trinajstić information content (AvgIpc) is 3.76. The predicted octanol–water partition coefficient (Wildman–Crippen LogP) is 13.3. The van der Waals surface area contributed by atoms with Gasteiger partial charge in [-0.15, -0.1) is 0 Å². The van der Waals surface area contributed by atoms with E-state index in [1.165, 1.54) is 54.8 Å². The van der Waals surface area contributed by atoms with Crippen LogP contribution in [0, 0.1) is 6.92 Å². The highest BCUT2D eigenvalue weighted by molar-refractivity contribution is 6.12. The van der Waals surface area contributed by atoms with Gasteiger partial charge < -0.3 is 9.13 Å². The van der Waals surface area contributed by atoms with Gasteiger partial charge in [-0.3, -0.25) is 9.98 Å². The Bertz CT molecular complexity index is 3210. The fourth-order valence-corrected chi connectivity index (χ4v) is 8.55. The fourth-order valence-electron chi connectivity index (χ4n) is 8.55. The number of pyridine rings is 1. The average molecular weight is 703 g/mol. The normalized spacial score (nSPS) is 12.3. The number of hydrogen-bond acceptors (Lipinski definition) is 2. The second-order valence-corrected chi connectivity index (χ2v) is 14.3. The lowest BCUT2D eigenvalue weighted by Crippen LogP contribution is -1.98. The first-order valence-electron chi connectivity index (χ1n) is 18.7. The molecule has 0 atom stereocenters. The van der Waals surface area contributed by atoms with E-state index in [9.17, 15) is 0 Å². The van der Waals surface area contributed by atoms with E-state index >= 15 is 0 Å². The number of aromatic nitrogens is 3. The summed E-state index contributed by atoms with van der Waals surface area (Å²) in [4.78, 5) is 9.78. The maximum atomic E-state index is 5.10. The van der Waals surface area contributed by atoms with Crippen molar-refractivity contribution < 1.29 is 0 Å². The van der Waals surface area contributed by atoms with Gasteiger partial charge in [-0.1, -0.05) is 109 Å². The summed E-state index contributed by atoms with van der Waals surface area (Å²) in [7, 11) is 0. The molecule has 0 radical (unpaired) electrons. The van der Waals surface area contributed by atoms with Crippen molar-refractivity contribution in [2.24, 2.45) is 4.99 Å². The lowest BCUT2D eigenvalue weighted by Gasteiger charge is -2.14. The van der Waals surface area contributed by atoms with Gasteiger partial charge in [0.15, 0.2) is 0 Å². The zero-order valence-electron chi connectivity index (χ0n) is 30.2. The Morgan fingerprint density at radius 2 is 1.05 bits per heavy atom. The van der Waals surface area contributed by atoms with Crippen molar-refractivity contribution in [1.82, 2.24) is 14.1 Å². The number of nitrogens with zero attached hydrogens (tertiary/aromatic N) is 4. The van der Waals surface area contributed by atoms with Crippen LogP contribution in [0.4, 0.5) is 5.69 Å². The van der Waals surface area contributed by atoms with E-state index in [1.807, 2.05) is 18.5 Å². The van der Waals surface area contributed by atoms with E-state index in [1.54, 1.807) is 0 Å². The summed E-state index contributed by atoms with van der Waals surface area (Å²) < 4.78 is 4.75. The molecule has 7 aromatic carbocycles. The molecule has 0 unspecified atom stereocenters. The van der Waals surface area contributed by atoms with E-state index < -0.39 is 0 Å². The molecule has 0 amide bonds. The third kappa shape index (κ3) is 4.99. The molecule has 55 heavy (non-hydrogen) atoms. The number of allylic oxidation sites excluding steroid dienone is 1. The minimum atomic E-state index is 0.966. The molecule has 1 aliphatic rings. The second kappa shape index (κ2) is 12.4.